The Kier molecular flexibility index (Phi) is 4.80. The van der Waals surface area contributed by atoms with Crippen LogP contribution in [0.4, 0.5) is 0 Å². The molecular formula is C14H13Br2NO. The van der Waals surface area contributed by atoms with Gasteiger partial charge in [0.1, 0.15) is 11.5 Å². The third kappa shape index (κ3) is 3.34. The molecule has 0 fully saturated rings. The van der Waals surface area contributed by atoms with Gasteiger partial charge >= 0.3 is 0 Å². The molecule has 18 heavy (non-hydrogen) atoms. The zero-order chi connectivity index (χ0) is 13.0. The number of halogens is 2. The Balaban J connectivity index is 2.20. The molecule has 0 aliphatic heterocycles. The molecule has 4 heteroatoms. The molecule has 2 aromatic carbocycles. The highest BCUT2D eigenvalue weighted by Gasteiger charge is 2.04. The molecule has 0 heterocycles. The van der Waals surface area contributed by atoms with Crippen LogP contribution in [0.2, 0.25) is 0 Å². The lowest BCUT2D eigenvalue weighted by Crippen LogP contribution is -2.03. The number of para-hydroxylation sites is 1. The van der Waals surface area contributed by atoms with Crippen LogP contribution in [0.15, 0.2) is 51.4 Å². The highest BCUT2D eigenvalue weighted by Crippen LogP contribution is 2.31. The summed E-state index contributed by atoms with van der Waals surface area (Å²) in [6.45, 7) is 0.642. The van der Waals surface area contributed by atoms with Crippen LogP contribution in [0.5, 0.6) is 11.5 Å². The third-order valence-corrected chi connectivity index (χ3v) is 3.90. The van der Waals surface area contributed by atoms with Crippen LogP contribution in [0.1, 0.15) is 5.56 Å². The maximum Gasteiger partial charge on any atom is 0.141 e. The number of benzene rings is 2. The predicted octanol–water partition coefficient (Wildman–Crippen LogP) is 4.51. The molecule has 94 valence electrons. The summed E-state index contributed by atoms with van der Waals surface area (Å²) in [5.41, 5.74) is 6.74. The Labute approximate surface area is 123 Å². The largest absolute Gasteiger partial charge is 0.456 e. The minimum Gasteiger partial charge on any atom is -0.456 e. The number of hydrogen-bond donors (Lipinski definition) is 1. The zero-order valence-electron chi connectivity index (χ0n) is 9.70. The Bertz CT molecular complexity index is 543. The van der Waals surface area contributed by atoms with E-state index >= 15 is 0 Å². The molecule has 0 saturated carbocycles. The van der Waals surface area contributed by atoms with Gasteiger partial charge in [0.2, 0.25) is 0 Å². The highest BCUT2D eigenvalue weighted by molar-refractivity contribution is 9.10. The van der Waals surface area contributed by atoms with Gasteiger partial charge < -0.3 is 10.5 Å². The first-order chi connectivity index (χ1) is 8.70. The summed E-state index contributed by atoms with van der Waals surface area (Å²) in [5.74, 6) is 1.60. The highest BCUT2D eigenvalue weighted by atomic mass is 79.9. The third-order valence-electron chi connectivity index (χ3n) is 2.50. The lowest BCUT2D eigenvalue weighted by molar-refractivity contribution is 0.479. The minimum absolute atomic E-state index is 0.642. The van der Waals surface area contributed by atoms with E-state index in [0.717, 1.165) is 26.9 Å². The Hall–Kier alpha value is -0.840. The molecule has 0 aromatic heterocycles. The second-order valence-corrected chi connectivity index (χ2v) is 5.53. The van der Waals surface area contributed by atoms with Crippen LogP contribution >= 0.6 is 31.9 Å². The van der Waals surface area contributed by atoms with Crippen molar-refractivity contribution in [1.29, 1.82) is 0 Å². The van der Waals surface area contributed by atoms with E-state index in [9.17, 15) is 0 Å². The van der Waals surface area contributed by atoms with Gasteiger partial charge in [0.15, 0.2) is 0 Å². The molecule has 2 nitrogen and oxygen atoms in total. The van der Waals surface area contributed by atoms with Gasteiger partial charge in [-0.05, 0) is 58.7 Å². The summed E-state index contributed by atoms with van der Waals surface area (Å²) in [6, 6.07) is 13.7. The normalized spacial score (nSPS) is 10.4. The van der Waals surface area contributed by atoms with Crippen LogP contribution in [-0.4, -0.2) is 6.54 Å². The van der Waals surface area contributed by atoms with E-state index in [1.807, 2.05) is 42.5 Å². The molecule has 2 rings (SSSR count). The lowest BCUT2D eigenvalue weighted by Gasteiger charge is -2.09. The molecule has 0 amide bonds. The fraction of sp³-hybridized carbons (Fsp3) is 0.143. The van der Waals surface area contributed by atoms with Gasteiger partial charge in [-0.3, -0.25) is 0 Å². The minimum atomic E-state index is 0.642. The monoisotopic (exact) mass is 369 g/mol. The van der Waals surface area contributed by atoms with Crippen molar-refractivity contribution in [1.82, 2.24) is 0 Å². The standard InChI is InChI=1S/C14H13Br2NO/c15-12-3-1-2-4-14(12)18-11-6-5-10(7-8-17)13(16)9-11/h1-6,9H,7-8,17H2. The smallest absolute Gasteiger partial charge is 0.141 e. The fourth-order valence-electron chi connectivity index (χ4n) is 1.60. The molecule has 2 aromatic rings. The van der Waals surface area contributed by atoms with E-state index in [1.165, 1.54) is 5.56 Å². The van der Waals surface area contributed by atoms with Crippen LogP contribution in [0.25, 0.3) is 0 Å². The Morgan fingerprint density at radius 3 is 2.44 bits per heavy atom. The summed E-state index contributed by atoms with van der Waals surface area (Å²) < 4.78 is 7.78. The molecule has 0 unspecified atom stereocenters. The first-order valence-electron chi connectivity index (χ1n) is 5.61. The summed E-state index contributed by atoms with van der Waals surface area (Å²) in [7, 11) is 0. The van der Waals surface area contributed by atoms with Crippen molar-refractivity contribution >= 4 is 31.9 Å². The molecular weight excluding hydrogens is 358 g/mol. The number of nitrogens with two attached hydrogens (primary N) is 1. The van der Waals surface area contributed by atoms with E-state index in [-0.39, 0.29) is 0 Å². The SMILES string of the molecule is NCCc1ccc(Oc2ccccc2Br)cc1Br. The summed E-state index contributed by atoms with van der Waals surface area (Å²) in [6.07, 6.45) is 0.857. The maximum absolute atomic E-state index is 5.81. The molecule has 0 saturated heterocycles. The summed E-state index contributed by atoms with van der Waals surface area (Å²) in [4.78, 5) is 0. The molecule has 0 spiro atoms. The first-order valence-corrected chi connectivity index (χ1v) is 7.20. The number of ether oxygens (including phenoxy) is 1. The summed E-state index contributed by atoms with van der Waals surface area (Å²) in [5, 5.41) is 0. The van der Waals surface area contributed by atoms with Crippen molar-refractivity contribution in [3.63, 3.8) is 0 Å². The van der Waals surface area contributed by atoms with Crippen molar-refractivity contribution < 1.29 is 4.74 Å². The van der Waals surface area contributed by atoms with Crippen molar-refractivity contribution in [2.45, 2.75) is 6.42 Å². The van der Waals surface area contributed by atoms with Gasteiger partial charge in [-0.1, -0.05) is 34.1 Å². The average molecular weight is 371 g/mol. The topological polar surface area (TPSA) is 35.2 Å². The van der Waals surface area contributed by atoms with Gasteiger partial charge in [0.25, 0.3) is 0 Å². The quantitative estimate of drug-likeness (QED) is 0.859. The van der Waals surface area contributed by atoms with E-state index < -0.39 is 0 Å². The van der Waals surface area contributed by atoms with Gasteiger partial charge in [-0.15, -0.1) is 0 Å². The van der Waals surface area contributed by atoms with E-state index in [0.29, 0.717) is 6.54 Å². The van der Waals surface area contributed by atoms with Gasteiger partial charge in [-0.25, -0.2) is 0 Å². The summed E-state index contributed by atoms with van der Waals surface area (Å²) >= 11 is 6.99. The fourth-order valence-corrected chi connectivity index (χ4v) is 2.53. The molecule has 0 radical (unpaired) electrons. The Morgan fingerprint density at radius 2 is 1.78 bits per heavy atom. The van der Waals surface area contributed by atoms with Crippen molar-refractivity contribution in [3.05, 3.63) is 57.0 Å². The van der Waals surface area contributed by atoms with Crippen molar-refractivity contribution in [3.8, 4) is 11.5 Å². The van der Waals surface area contributed by atoms with Gasteiger partial charge in [0, 0.05) is 4.47 Å². The lowest BCUT2D eigenvalue weighted by atomic mass is 10.1. The number of hydrogen-bond acceptors (Lipinski definition) is 2. The van der Waals surface area contributed by atoms with E-state index in [2.05, 4.69) is 31.9 Å². The molecule has 2 N–H and O–H groups in total. The van der Waals surface area contributed by atoms with Crippen LogP contribution in [0, 0.1) is 0 Å². The van der Waals surface area contributed by atoms with Crippen molar-refractivity contribution in [2.75, 3.05) is 6.54 Å². The first kappa shape index (κ1) is 13.6. The average Bonchev–Trinajstić information content (AvgIpc) is 2.36. The molecule has 0 aliphatic carbocycles. The molecule has 0 bridgehead atoms. The Morgan fingerprint density at radius 1 is 1.00 bits per heavy atom. The zero-order valence-corrected chi connectivity index (χ0v) is 12.9. The molecule has 0 aliphatic rings. The van der Waals surface area contributed by atoms with E-state index in [4.69, 9.17) is 10.5 Å². The second kappa shape index (κ2) is 6.36. The van der Waals surface area contributed by atoms with Gasteiger partial charge in [0.05, 0.1) is 4.47 Å². The van der Waals surface area contributed by atoms with Crippen molar-refractivity contribution in [2.24, 2.45) is 5.73 Å². The van der Waals surface area contributed by atoms with Gasteiger partial charge in [-0.2, -0.15) is 0 Å². The second-order valence-electron chi connectivity index (χ2n) is 3.82. The maximum atomic E-state index is 5.81. The predicted molar refractivity (Wildman–Crippen MR) is 81.1 cm³/mol. The molecule has 0 atom stereocenters. The van der Waals surface area contributed by atoms with E-state index in [1.54, 1.807) is 0 Å². The van der Waals surface area contributed by atoms with Crippen LogP contribution in [-0.2, 0) is 6.42 Å². The van der Waals surface area contributed by atoms with Crippen LogP contribution < -0.4 is 10.5 Å². The van der Waals surface area contributed by atoms with Crippen LogP contribution in [0.3, 0.4) is 0 Å². The number of rotatable bonds is 4.